The van der Waals surface area contributed by atoms with Gasteiger partial charge >= 0.3 is 0 Å². The van der Waals surface area contributed by atoms with E-state index in [2.05, 4.69) is 55.6 Å². The third-order valence-corrected chi connectivity index (χ3v) is 10.8. The van der Waals surface area contributed by atoms with Gasteiger partial charge in [0.25, 0.3) is 5.91 Å². The molecule has 51 heavy (non-hydrogen) atoms. The van der Waals surface area contributed by atoms with Crippen molar-refractivity contribution in [1.29, 1.82) is 0 Å². The quantitative estimate of drug-likeness (QED) is 0.111. The molecule has 0 spiro atoms. The molecule has 0 saturated carbocycles. The van der Waals surface area contributed by atoms with E-state index in [-0.39, 0.29) is 30.2 Å². The second kappa shape index (κ2) is 15.8. The van der Waals surface area contributed by atoms with Crippen LogP contribution in [0.25, 0.3) is 10.9 Å². The lowest BCUT2D eigenvalue weighted by atomic mass is 10.0. The van der Waals surface area contributed by atoms with E-state index in [1.807, 2.05) is 31.2 Å². The second-order valence-electron chi connectivity index (χ2n) is 12.9. The normalized spacial score (nSPS) is 16.2. The van der Waals surface area contributed by atoms with Gasteiger partial charge in [-0.15, -0.1) is 11.3 Å². The van der Waals surface area contributed by atoms with E-state index in [0.717, 1.165) is 50.0 Å². The molecule has 14 heteroatoms. The summed E-state index contributed by atoms with van der Waals surface area (Å²) in [4.78, 5) is 63.5. The van der Waals surface area contributed by atoms with E-state index in [1.54, 1.807) is 24.4 Å². The van der Waals surface area contributed by atoms with Gasteiger partial charge in [-0.05, 0) is 68.9 Å². The number of benzene rings is 2. The number of ether oxygens (including phenoxy) is 2. The third-order valence-electron chi connectivity index (χ3n) is 9.28. The summed E-state index contributed by atoms with van der Waals surface area (Å²) >= 11 is 5.00. The fourth-order valence-corrected chi connectivity index (χ4v) is 7.97. The maximum Gasteiger partial charge on any atom is 0.256 e. The minimum atomic E-state index is -0.656. The largest absolute Gasteiger partial charge is 0.493 e. The van der Waals surface area contributed by atoms with Gasteiger partial charge in [0.2, 0.25) is 17.7 Å². The van der Waals surface area contributed by atoms with Crippen molar-refractivity contribution in [2.45, 2.75) is 77.5 Å². The highest BCUT2D eigenvalue weighted by molar-refractivity contribution is 9.10. The molecular weight excluding hydrogens is 736 g/mol. The van der Waals surface area contributed by atoms with E-state index < -0.39 is 11.9 Å². The summed E-state index contributed by atoms with van der Waals surface area (Å²) in [6.07, 6.45) is 3.21. The van der Waals surface area contributed by atoms with Crippen LogP contribution in [0.2, 0.25) is 0 Å². The molecule has 2 aromatic heterocycles. The first-order valence-electron chi connectivity index (χ1n) is 17.0. The molecule has 4 amide bonds. The van der Waals surface area contributed by atoms with Gasteiger partial charge in [-0.2, -0.15) is 0 Å². The number of aryl methyl sites for hydroxylation is 1. The first kappa shape index (κ1) is 36.2. The number of anilines is 1. The van der Waals surface area contributed by atoms with Crippen molar-refractivity contribution in [1.82, 2.24) is 25.1 Å². The van der Waals surface area contributed by atoms with E-state index in [9.17, 15) is 19.2 Å². The Balaban J connectivity index is 0.981. The molecule has 0 radical (unpaired) electrons. The van der Waals surface area contributed by atoms with Crippen molar-refractivity contribution >= 4 is 67.6 Å². The van der Waals surface area contributed by atoms with E-state index in [0.29, 0.717) is 61.8 Å². The van der Waals surface area contributed by atoms with Crippen molar-refractivity contribution in [3.8, 4) is 11.5 Å². The van der Waals surface area contributed by atoms with Crippen LogP contribution in [0.5, 0.6) is 11.5 Å². The number of imide groups is 1. The first-order chi connectivity index (χ1) is 24.5. The number of hydrogen-bond donors (Lipinski definition) is 2. The number of thiophene rings is 1. The van der Waals surface area contributed by atoms with Crippen LogP contribution in [0.4, 0.5) is 5.82 Å². The topological polar surface area (TPSA) is 143 Å². The van der Waals surface area contributed by atoms with Crippen LogP contribution in [-0.2, 0) is 27.5 Å². The average Bonchev–Trinajstić information content (AvgIpc) is 3.64. The van der Waals surface area contributed by atoms with Crippen LogP contribution in [0, 0.1) is 6.92 Å². The SMILES string of the molecule is COc1cc2c(NC(C)c3cccc(Br)c3)nc(C)nc2cc1OCCCCCC(=O)N(C)Cc1scc2c1CN(C1CCC(=O)NC1=O)C2=O. The maximum absolute atomic E-state index is 13.0. The van der Waals surface area contributed by atoms with Crippen molar-refractivity contribution in [3.63, 3.8) is 0 Å². The number of aromatic nitrogens is 2. The zero-order valence-corrected chi connectivity index (χ0v) is 31.5. The fourth-order valence-electron chi connectivity index (χ4n) is 6.47. The molecule has 1 fully saturated rings. The van der Waals surface area contributed by atoms with Crippen LogP contribution in [0.15, 0.2) is 46.3 Å². The lowest BCUT2D eigenvalue weighted by molar-refractivity contribution is -0.137. The molecule has 2 N–H and O–H groups in total. The van der Waals surface area contributed by atoms with Crippen molar-refractivity contribution in [2.24, 2.45) is 0 Å². The van der Waals surface area contributed by atoms with E-state index in [1.165, 1.54) is 16.2 Å². The molecule has 2 aliphatic heterocycles. The number of fused-ring (bicyclic) bond motifs is 2. The number of carbonyl (C=O) groups excluding carboxylic acids is 4. The number of nitrogens with one attached hydrogen (secondary N) is 2. The van der Waals surface area contributed by atoms with Gasteiger partial charge in [0.1, 0.15) is 17.7 Å². The van der Waals surface area contributed by atoms with E-state index >= 15 is 0 Å². The molecule has 2 unspecified atom stereocenters. The summed E-state index contributed by atoms with van der Waals surface area (Å²) in [6, 6.07) is 11.3. The lowest BCUT2D eigenvalue weighted by Gasteiger charge is -2.29. The Bertz CT molecular complexity index is 1980. The van der Waals surface area contributed by atoms with Gasteiger partial charge in [-0.3, -0.25) is 24.5 Å². The molecule has 0 aliphatic carbocycles. The molecule has 2 aromatic carbocycles. The highest BCUT2D eigenvalue weighted by atomic mass is 79.9. The van der Waals surface area contributed by atoms with Crippen LogP contribution >= 0.6 is 27.3 Å². The number of carbonyl (C=O) groups is 4. The summed E-state index contributed by atoms with van der Waals surface area (Å²) in [5, 5.41) is 8.49. The number of nitrogens with zero attached hydrogens (tertiary/aromatic N) is 4. The molecule has 12 nitrogen and oxygen atoms in total. The third kappa shape index (κ3) is 8.17. The van der Waals surface area contributed by atoms with Gasteiger partial charge in [-0.25, -0.2) is 9.97 Å². The second-order valence-corrected chi connectivity index (χ2v) is 14.8. The lowest BCUT2D eigenvalue weighted by Crippen LogP contribution is -2.52. The molecular formula is C37H41BrN6O6S. The maximum atomic E-state index is 13.0. The molecule has 4 aromatic rings. The fraction of sp³-hybridized carbons (Fsp3) is 0.405. The number of rotatable bonds is 14. The van der Waals surface area contributed by atoms with Crippen LogP contribution in [-0.4, -0.2) is 70.2 Å². The Morgan fingerprint density at radius 1 is 1.16 bits per heavy atom. The minimum absolute atomic E-state index is 0.00786. The summed E-state index contributed by atoms with van der Waals surface area (Å²) in [5.41, 5.74) is 3.31. The van der Waals surface area contributed by atoms with Crippen molar-refractivity contribution in [3.05, 3.63) is 73.6 Å². The molecule has 6 rings (SSSR count). The van der Waals surface area contributed by atoms with Gasteiger partial charge in [0.15, 0.2) is 11.5 Å². The highest BCUT2D eigenvalue weighted by Gasteiger charge is 2.40. The summed E-state index contributed by atoms with van der Waals surface area (Å²) in [7, 11) is 3.38. The predicted molar refractivity (Wildman–Crippen MR) is 198 cm³/mol. The number of piperidine rings is 1. The van der Waals surface area contributed by atoms with Crippen molar-refractivity contribution in [2.75, 3.05) is 26.1 Å². The van der Waals surface area contributed by atoms with Gasteiger partial charge < -0.3 is 24.6 Å². The average molecular weight is 778 g/mol. The zero-order chi connectivity index (χ0) is 36.2. The minimum Gasteiger partial charge on any atom is -0.493 e. The van der Waals surface area contributed by atoms with Crippen LogP contribution in [0.3, 0.4) is 0 Å². The van der Waals surface area contributed by atoms with Gasteiger partial charge in [-0.1, -0.05) is 28.1 Å². The molecule has 2 atom stereocenters. The van der Waals surface area contributed by atoms with Gasteiger partial charge in [0, 0.05) is 52.6 Å². The standard InChI is InChI=1S/C37H41BrN6O6S/c1-21(23-9-8-10-24(38)15-23)39-35-25-16-30(49-4)31(17-28(25)40-22(2)41-35)50-14-7-5-6-11-34(46)43(3)19-32-26-18-44(37(48)27(26)20-51-32)29-12-13-33(45)42-36(29)47/h8-10,15-17,20-21,29H,5-7,11-14,18-19H2,1-4H3,(H,39,40,41)(H,42,45,47). The number of methoxy groups -OCH3 is 1. The van der Waals surface area contributed by atoms with Crippen LogP contribution in [0.1, 0.15) is 83.7 Å². The Hall–Kier alpha value is -4.56. The predicted octanol–water partition coefficient (Wildman–Crippen LogP) is 6.30. The van der Waals surface area contributed by atoms with Crippen LogP contribution < -0.4 is 20.1 Å². The molecule has 268 valence electrons. The number of unbranched alkanes of at least 4 members (excludes halogenated alkanes) is 2. The molecule has 2 aliphatic rings. The summed E-state index contributed by atoms with van der Waals surface area (Å²) in [6.45, 7) is 5.11. The smallest absolute Gasteiger partial charge is 0.256 e. The Morgan fingerprint density at radius 2 is 1.98 bits per heavy atom. The Morgan fingerprint density at radius 3 is 2.75 bits per heavy atom. The molecule has 1 saturated heterocycles. The monoisotopic (exact) mass is 776 g/mol. The first-order valence-corrected chi connectivity index (χ1v) is 18.7. The molecule has 0 bridgehead atoms. The summed E-state index contributed by atoms with van der Waals surface area (Å²) in [5.74, 6) is 1.63. The number of amides is 4. The highest BCUT2D eigenvalue weighted by Crippen LogP contribution is 2.36. The number of halogens is 1. The van der Waals surface area contributed by atoms with Gasteiger partial charge in [0.05, 0.1) is 37.4 Å². The Labute approximate surface area is 309 Å². The Kier molecular flexibility index (Phi) is 11.2. The summed E-state index contributed by atoms with van der Waals surface area (Å²) < 4.78 is 12.8. The zero-order valence-electron chi connectivity index (χ0n) is 29.1. The number of hydrogen-bond acceptors (Lipinski definition) is 10. The molecule has 4 heterocycles. The van der Waals surface area contributed by atoms with E-state index in [4.69, 9.17) is 9.47 Å². The van der Waals surface area contributed by atoms with Crippen molar-refractivity contribution < 1.29 is 28.7 Å².